The maximum Gasteiger partial charge on any atom is 0.142 e. The van der Waals surface area contributed by atoms with Crippen LogP contribution in [0.25, 0.3) is 0 Å². The number of hydrogen-bond acceptors (Lipinski definition) is 1. The number of rotatable bonds is 3. The number of carbonyl (C=O) groups excluding carboxylic acids is 1. The minimum Gasteiger partial charge on any atom is -0.299 e. The van der Waals surface area contributed by atoms with Crippen molar-refractivity contribution in [3.8, 4) is 0 Å². The predicted molar refractivity (Wildman–Crippen MR) is 135 cm³/mol. The van der Waals surface area contributed by atoms with Gasteiger partial charge in [0.2, 0.25) is 0 Å². The molecule has 1 atom stereocenters. The Kier molecular flexibility index (Phi) is 5.62. The van der Waals surface area contributed by atoms with Gasteiger partial charge in [0.05, 0.1) is 5.92 Å². The van der Waals surface area contributed by atoms with Gasteiger partial charge in [0.1, 0.15) is 5.78 Å². The normalized spacial score (nSPS) is 18.3. The Morgan fingerprint density at radius 2 is 1.09 bits per heavy atom. The van der Waals surface area contributed by atoms with Gasteiger partial charge in [-0.25, -0.2) is 0 Å². The van der Waals surface area contributed by atoms with Crippen LogP contribution in [0.4, 0.5) is 0 Å². The molecule has 1 aliphatic carbocycles. The topological polar surface area (TPSA) is 17.1 Å². The Morgan fingerprint density at radius 1 is 0.688 bits per heavy atom. The molecule has 4 rings (SSSR count). The molecule has 1 nitrogen and oxygen atoms in total. The lowest BCUT2D eigenvalue weighted by Gasteiger charge is -2.49. The van der Waals surface area contributed by atoms with E-state index in [4.69, 9.17) is 11.6 Å². The van der Waals surface area contributed by atoms with E-state index in [1.165, 1.54) is 22.3 Å². The zero-order valence-corrected chi connectivity index (χ0v) is 20.8. The lowest BCUT2D eigenvalue weighted by atomic mass is 9.51. The third-order valence-corrected chi connectivity index (χ3v) is 7.26. The van der Waals surface area contributed by atoms with Crippen LogP contribution in [0.3, 0.4) is 0 Å². The van der Waals surface area contributed by atoms with Crippen molar-refractivity contribution in [1.29, 1.82) is 0 Å². The zero-order chi connectivity index (χ0) is 23.3. The summed E-state index contributed by atoms with van der Waals surface area (Å²) in [6.45, 7) is 13.4. The number of Topliss-reactive ketones (excluding diaryl/α,β-unsaturated/α-hetero) is 1. The fraction of sp³-hybridized carbons (Fsp3) is 0.367. The van der Waals surface area contributed by atoms with Crippen LogP contribution in [0.1, 0.15) is 81.7 Å². The van der Waals surface area contributed by atoms with E-state index in [9.17, 15) is 4.79 Å². The van der Waals surface area contributed by atoms with Crippen molar-refractivity contribution < 1.29 is 4.79 Å². The van der Waals surface area contributed by atoms with Crippen LogP contribution in [-0.4, -0.2) is 5.78 Å². The molecule has 1 aliphatic rings. The SMILES string of the molecule is CC(C)(C)c1ccc(C2(c3ccc(C(C)(C)C)cc3)CC(=O)C2c2ccc(Cl)cc2)cc1. The van der Waals surface area contributed by atoms with Crippen LogP contribution in [0.2, 0.25) is 5.02 Å². The molecular weight excluding hydrogens is 412 g/mol. The largest absolute Gasteiger partial charge is 0.299 e. The van der Waals surface area contributed by atoms with E-state index in [0.717, 1.165) is 5.56 Å². The van der Waals surface area contributed by atoms with Gasteiger partial charge in [-0.15, -0.1) is 0 Å². The van der Waals surface area contributed by atoms with Gasteiger partial charge in [-0.05, 0) is 50.8 Å². The van der Waals surface area contributed by atoms with E-state index >= 15 is 0 Å². The highest BCUT2D eigenvalue weighted by Crippen LogP contribution is 2.56. The molecule has 0 bridgehead atoms. The van der Waals surface area contributed by atoms with E-state index in [-0.39, 0.29) is 27.9 Å². The molecule has 0 aromatic heterocycles. The second-order valence-electron chi connectivity index (χ2n) is 11.3. The lowest BCUT2D eigenvalue weighted by Crippen LogP contribution is -2.51. The van der Waals surface area contributed by atoms with Crippen molar-refractivity contribution in [3.63, 3.8) is 0 Å². The van der Waals surface area contributed by atoms with Gasteiger partial charge < -0.3 is 0 Å². The molecule has 1 saturated carbocycles. The molecule has 3 aromatic rings. The maximum absolute atomic E-state index is 13.1. The summed E-state index contributed by atoms with van der Waals surface area (Å²) in [5.74, 6) is 0.0767. The van der Waals surface area contributed by atoms with Gasteiger partial charge in [-0.1, -0.05) is 114 Å². The number of carbonyl (C=O) groups is 1. The number of hydrogen-bond donors (Lipinski definition) is 0. The van der Waals surface area contributed by atoms with Crippen LogP contribution in [0, 0.1) is 0 Å². The standard InChI is InChI=1S/C30H33ClO/c1-28(2,3)21-9-13-23(14-10-21)30(24-15-11-22(12-16-24)29(4,5)6)19-26(32)27(30)20-7-17-25(31)18-8-20/h7-18,27H,19H2,1-6H3. The Morgan fingerprint density at radius 3 is 1.44 bits per heavy atom. The first-order chi connectivity index (χ1) is 14.9. The average Bonchev–Trinajstić information content (AvgIpc) is 2.72. The molecule has 0 radical (unpaired) electrons. The first-order valence-electron chi connectivity index (χ1n) is 11.4. The molecule has 0 N–H and O–H groups in total. The van der Waals surface area contributed by atoms with Crippen molar-refractivity contribution in [2.75, 3.05) is 0 Å². The first-order valence-corrected chi connectivity index (χ1v) is 11.8. The fourth-order valence-electron chi connectivity index (χ4n) is 4.99. The van der Waals surface area contributed by atoms with Gasteiger partial charge >= 0.3 is 0 Å². The number of ketones is 1. The Balaban J connectivity index is 1.87. The van der Waals surface area contributed by atoms with Crippen LogP contribution < -0.4 is 0 Å². The van der Waals surface area contributed by atoms with Gasteiger partial charge in [0, 0.05) is 16.9 Å². The maximum atomic E-state index is 13.1. The molecule has 1 unspecified atom stereocenters. The van der Waals surface area contributed by atoms with Crippen molar-refractivity contribution in [2.24, 2.45) is 0 Å². The number of halogens is 1. The van der Waals surface area contributed by atoms with Crippen molar-refractivity contribution in [3.05, 3.63) is 106 Å². The van der Waals surface area contributed by atoms with Crippen LogP contribution in [0.5, 0.6) is 0 Å². The molecule has 32 heavy (non-hydrogen) atoms. The summed E-state index contributed by atoms with van der Waals surface area (Å²) in [6.07, 6.45) is 0.518. The molecule has 0 heterocycles. The highest BCUT2D eigenvalue weighted by molar-refractivity contribution is 6.30. The summed E-state index contributed by atoms with van der Waals surface area (Å²) < 4.78 is 0. The van der Waals surface area contributed by atoms with E-state index < -0.39 is 0 Å². The summed E-state index contributed by atoms with van der Waals surface area (Å²) in [5, 5.41) is 0.690. The minimum atomic E-state index is -0.363. The summed E-state index contributed by atoms with van der Waals surface area (Å²) in [7, 11) is 0. The van der Waals surface area contributed by atoms with Crippen LogP contribution in [-0.2, 0) is 21.0 Å². The summed E-state index contributed by atoms with van der Waals surface area (Å²) in [5.41, 5.74) is 5.85. The Bertz CT molecular complexity index is 1050. The molecule has 0 aliphatic heterocycles. The van der Waals surface area contributed by atoms with Crippen molar-refractivity contribution in [1.82, 2.24) is 0 Å². The van der Waals surface area contributed by atoms with Crippen LogP contribution in [0.15, 0.2) is 72.8 Å². The van der Waals surface area contributed by atoms with E-state index in [1.807, 2.05) is 24.3 Å². The summed E-state index contributed by atoms with van der Waals surface area (Å²) in [6, 6.07) is 25.6. The number of benzene rings is 3. The van der Waals surface area contributed by atoms with Crippen molar-refractivity contribution in [2.45, 2.75) is 70.1 Å². The molecule has 3 aromatic carbocycles. The molecule has 1 fully saturated rings. The predicted octanol–water partition coefficient (Wildman–Crippen LogP) is 7.98. The minimum absolute atomic E-state index is 0.0884. The Labute approximate surface area is 197 Å². The monoisotopic (exact) mass is 444 g/mol. The molecular formula is C30H33ClO. The summed E-state index contributed by atoms with van der Waals surface area (Å²) in [4.78, 5) is 13.1. The quantitative estimate of drug-likeness (QED) is 0.400. The second-order valence-corrected chi connectivity index (χ2v) is 11.7. The first kappa shape index (κ1) is 22.8. The Hall–Kier alpha value is -2.38. The van der Waals surface area contributed by atoms with Crippen LogP contribution >= 0.6 is 11.6 Å². The summed E-state index contributed by atoms with van der Waals surface area (Å²) >= 11 is 6.15. The van der Waals surface area contributed by atoms with Crippen molar-refractivity contribution >= 4 is 17.4 Å². The molecule has 2 heteroatoms. The van der Waals surface area contributed by atoms with Gasteiger partial charge in [0.25, 0.3) is 0 Å². The highest BCUT2D eigenvalue weighted by atomic mass is 35.5. The van der Waals surface area contributed by atoms with E-state index in [0.29, 0.717) is 11.4 Å². The van der Waals surface area contributed by atoms with Gasteiger partial charge in [-0.2, -0.15) is 0 Å². The van der Waals surface area contributed by atoms with Gasteiger partial charge in [0.15, 0.2) is 0 Å². The highest BCUT2D eigenvalue weighted by Gasteiger charge is 2.56. The third kappa shape index (κ3) is 3.92. The zero-order valence-electron chi connectivity index (χ0n) is 20.0. The molecule has 0 amide bonds. The second kappa shape index (κ2) is 7.89. The third-order valence-electron chi connectivity index (χ3n) is 7.00. The molecule has 166 valence electrons. The van der Waals surface area contributed by atoms with Gasteiger partial charge in [-0.3, -0.25) is 4.79 Å². The molecule has 0 saturated heterocycles. The smallest absolute Gasteiger partial charge is 0.142 e. The molecule has 0 spiro atoms. The van der Waals surface area contributed by atoms with E-state index in [1.54, 1.807) is 0 Å². The van der Waals surface area contributed by atoms with E-state index in [2.05, 4.69) is 90.1 Å². The average molecular weight is 445 g/mol. The fourth-order valence-corrected chi connectivity index (χ4v) is 5.11. The lowest BCUT2D eigenvalue weighted by molar-refractivity contribution is -0.130.